The van der Waals surface area contributed by atoms with E-state index in [1.165, 1.54) is 0 Å². The molecule has 0 amide bonds. The van der Waals surface area contributed by atoms with Crippen molar-refractivity contribution in [1.29, 1.82) is 10.5 Å². The van der Waals surface area contributed by atoms with E-state index < -0.39 is 0 Å². The second-order valence-electron chi connectivity index (χ2n) is 4.13. The summed E-state index contributed by atoms with van der Waals surface area (Å²) in [6, 6.07) is 6.81. The summed E-state index contributed by atoms with van der Waals surface area (Å²) in [4.78, 5) is 0. The highest BCUT2D eigenvalue weighted by Gasteiger charge is 2.13. The third-order valence-electron chi connectivity index (χ3n) is 2.92. The molecule has 2 rings (SSSR count). The highest BCUT2D eigenvalue weighted by Crippen LogP contribution is 2.34. The zero-order valence-corrected chi connectivity index (χ0v) is 11.7. The largest absolute Gasteiger partial charge is 0.459 e. The minimum atomic E-state index is -0.267. The molecule has 0 bridgehead atoms. The lowest BCUT2D eigenvalue weighted by Gasteiger charge is -2.02. The summed E-state index contributed by atoms with van der Waals surface area (Å²) in [5.41, 5.74) is 4.56. The zero-order chi connectivity index (χ0) is 14.7. The van der Waals surface area contributed by atoms with Crippen LogP contribution in [0.4, 0.5) is 5.69 Å². The summed E-state index contributed by atoms with van der Waals surface area (Å²) in [7, 11) is 0. The van der Waals surface area contributed by atoms with Gasteiger partial charge in [0, 0.05) is 16.8 Å². The van der Waals surface area contributed by atoms with Gasteiger partial charge >= 0.3 is 0 Å². The molecule has 0 spiro atoms. The summed E-state index contributed by atoms with van der Waals surface area (Å²) in [5.74, 6) is 0.870. The maximum Gasteiger partial charge on any atom is 0.237 e. The van der Waals surface area contributed by atoms with Gasteiger partial charge in [-0.25, -0.2) is 0 Å². The highest BCUT2D eigenvalue weighted by atomic mass is 35.5. The molecular weight excluding hydrogens is 276 g/mol. The van der Waals surface area contributed by atoms with Gasteiger partial charge in [0.1, 0.15) is 23.6 Å². The number of benzene rings is 1. The van der Waals surface area contributed by atoms with Crippen LogP contribution in [0.3, 0.4) is 0 Å². The number of anilines is 1. The lowest BCUT2D eigenvalue weighted by Crippen LogP contribution is -1.96. The number of halogens is 1. The van der Waals surface area contributed by atoms with Gasteiger partial charge in [0.15, 0.2) is 5.58 Å². The van der Waals surface area contributed by atoms with Gasteiger partial charge in [-0.05, 0) is 24.6 Å². The van der Waals surface area contributed by atoms with Crippen LogP contribution in [0.25, 0.3) is 11.0 Å². The average Bonchev–Trinajstić information content (AvgIpc) is 2.77. The van der Waals surface area contributed by atoms with Crippen molar-refractivity contribution < 1.29 is 4.42 Å². The standard InChI is InChI=1S/C14H11ClN4O/c1-3-13-8(2)11-4-9(15)5-12(14(11)20-13)19-18-10(6-16)7-17/h4-5,19H,3H2,1-2H3. The third kappa shape index (κ3) is 2.45. The second-order valence-corrected chi connectivity index (χ2v) is 4.57. The molecule has 0 fully saturated rings. The van der Waals surface area contributed by atoms with E-state index in [4.69, 9.17) is 26.5 Å². The van der Waals surface area contributed by atoms with Crippen LogP contribution in [0.15, 0.2) is 21.7 Å². The Bertz CT molecular complexity index is 761. The minimum absolute atomic E-state index is 0.267. The molecule has 1 heterocycles. The van der Waals surface area contributed by atoms with Gasteiger partial charge in [-0.2, -0.15) is 15.6 Å². The van der Waals surface area contributed by atoms with Gasteiger partial charge in [0.2, 0.25) is 5.71 Å². The van der Waals surface area contributed by atoms with E-state index in [0.717, 1.165) is 23.1 Å². The highest BCUT2D eigenvalue weighted by molar-refractivity contribution is 6.32. The van der Waals surface area contributed by atoms with Crippen LogP contribution < -0.4 is 5.43 Å². The van der Waals surface area contributed by atoms with Crippen LogP contribution in [0.5, 0.6) is 0 Å². The van der Waals surface area contributed by atoms with Crippen LogP contribution in [0.1, 0.15) is 18.2 Å². The van der Waals surface area contributed by atoms with E-state index >= 15 is 0 Å². The lowest BCUT2D eigenvalue weighted by molar-refractivity contribution is 0.554. The lowest BCUT2D eigenvalue weighted by atomic mass is 10.1. The number of hydrazone groups is 1. The fourth-order valence-corrected chi connectivity index (χ4v) is 2.16. The molecule has 20 heavy (non-hydrogen) atoms. The molecule has 1 aromatic heterocycles. The van der Waals surface area contributed by atoms with E-state index in [2.05, 4.69) is 10.5 Å². The summed E-state index contributed by atoms with van der Waals surface area (Å²) < 4.78 is 5.78. The normalized spacial score (nSPS) is 9.85. The Morgan fingerprint density at radius 3 is 2.70 bits per heavy atom. The van der Waals surface area contributed by atoms with Gasteiger partial charge < -0.3 is 4.42 Å². The van der Waals surface area contributed by atoms with Gasteiger partial charge in [0.05, 0.1) is 0 Å². The van der Waals surface area contributed by atoms with Crippen LogP contribution in [0.2, 0.25) is 5.02 Å². The molecule has 1 N–H and O–H groups in total. The Labute approximate surface area is 121 Å². The number of hydrogen-bond donors (Lipinski definition) is 1. The first-order valence-electron chi connectivity index (χ1n) is 5.96. The number of hydrogen-bond acceptors (Lipinski definition) is 5. The number of rotatable bonds is 3. The van der Waals surface area contributed by atoms with Crippen molar-refractivity contribution in [3.8, 4) is 12.1 Å². The fourth-order valence-electron chi connectivity index (χ4n) is 1.94. The van der Waals surface area contributed by atoms with Crippen LogP contribution in [-0.2, 0) is 6.42 Å². The molecule has 0 aliphatic rings. The molecule has 2 aromatic rings. The topological polar surface area (TPSA) is 85.1 Å². The maximum absolute atomic E-state index is 8.67. The van der Waals surface area contributed by atoms with Gasteiger partial charge in [-0.3, -0.25) is 5.43 Å². The Morgan fingerprint density at radius 2 is 2.10 bits per heavy atom. The molecule has 6 heteroatoms. The number of nitrogens with one attached hydrogen (secondary N) is 1. The Balaban J connectivity index is 2.57. The van der Waals surface area contributed by atoms with Crippen molar-refractivity contribution in [3.05, 3.63) is 28.5 Å². The quantitative estimate of drug-likeness (QED) is 0.687. The molecule has 1 aromatic carbocycles. The van der Waals surface area contributed by atoms with E-state index in [-0.39, 0.29) is 5.71 Å². The first kappa shape index (κ1) is 13.9. The number of fused-ring (bicyclic) bond motifs is 1. The Kier molecular flexibility index (Phi) is 3.93. The predicted octanol–water partition coefficient (Wildman–Crippen LogP) is 3.77. The van der Waals surface area contributed by atoms with Crippen molar-refractivity contribution >= 4 is 34.0 Å². The van der Waals surface area contributed by atoms with E-state index in [9.17, 15) is 0 Å². The molecule has 0 saturated carbocycles. The van der Waals surface area contributed by atoms with Gasteiger partial charge in [-0.15, -0.1) is 0 Å². The number of aryl methyl sites for hydroxylation is 2. The molecule has 0 unspecified atom stereocenters. The molecule has 0 aliphatic carbocycles. The molecule has 5 nitrogen and oxygen atoms in total. The van der Waals surface area contributed by atoms with Crippen molar-refractivity contribution in [2.45, 2.75) is 20.3 Å². The van der Waals surface area contributed by atoms with Gasteiger partial charge in [0.25, 0.3) is 0 Å². The molecule has 0 aliphatic heterocycles. The van der Waals surface area contributed by atoms with Crippen molar-refractivity contribution in [1.82, 2.24) is 0 Å². The maximum atomic E-state index is 8.67. The SMILES string of the molecule is CCc1oc2c(NN=C(C#N)C#N)cc(Cl)cc2c1C. The summed E-state index contributed by atoms with van der Waals surface area (Å²) in [5, 5.41) is 22.5. The van der Waals surface area contributed by atoms with E-state index in [1.54, 1.807) is 18.2 Å². The third-order valence-corrected chi connectivity index (χ3v) is 3.14. The van der Waals surface area contributed by atoms with Crippen molar-refractivity contribution in [3.63, 3.8) is 0 Å². The van der Waals surface area contributed by atoms with E-state index in [0.29, 0.717) is 16.3 Å². The summed E-state index contributed by atoms with van der Waals surface area (Å²) in [6.07, 6.45) is 0.766. The molecule has 0 atom stereocenters. The molecular formula is C14H11ClN4O. The van der Waals surface area contributed by atoms with Crippen LogP contribution in [0, 0.1) is 29.6 Å². The Hall–Kier alpha value is -2.50. The van der Waals surface area contributed by atoms with Crippen LogP contribution >= 0.6 is 11.6 Å². The minimum Gasteiger partial charge on any atom is -0.459 e. The van der Waals surface area contributed by atoms with Crippen LogP contribution in [-0.4, -0.2) is 5.71 Å². The van der Waals surface area contributed by atoms with Gasteiger partial charge in [-0.1, -0.05) is 18.5 Å². The van der Waals surface area contributed by atoms with E-state index in [1.807, 2.05) is 19.9 Å². The first-order valence-corrected chi connectivity index (χ1v) is 6.33. The summed E-state index contributed by atoms with van der Waals surface area (Å²) >= 11 is 6.07. The fraction of sp³-hybridized carbons (Fsp3) is 0.214. The van der Waals surface area contributed by atoms with Crippen molar-refractivity contribution in [2.24, 2.45) is 5.10 Å². The average molecular weight is 287 g/mol. The van der Waals surface area contributed by atoms with Crippen molar-refractivity contribution in [2.75, 3.05) is 5.43 Å². The number of nitriles is 2. The predicted molar refractivity (Wildman–Crippen MR) is 77.6 cm³/mol. The zero-order valence-electron chi connectivity index (χ0n) is 11.0. The molecule has 0 saturated heterocycles. The number of nitrogens with zero attached hydrogens (tertiary/aromatic N) is 3. The smallest absolute Gasteiger partial charge is 0.237 e. The Morgan fingerprint density at radius 1 is 1.40 bits per heavy atom. The monoisotopic (exact) mass is 286 g/mol. The molecule has 0 radical (unpaired) electrons. The molecule has 100 valence electrons. The number of furan rings is 1. The first-order chi connectivity index (χ1) is 9.60. The summed E-state index contributed by atoms with van der Waals surface area (Å²) in [6.45, 7) is 3.96. The second kappa shape index (κ2) is 5.64.